The van der Waals surface area contributed by atoms with Crippen LogP contribution in [-0.2, 0) is 0 Å². The minimum Gasteiger partial charge on any atom is -0.393 e. The molecule has 0 fully saturated rings. The molecule has 3 heteroatoms. The van der Waals surface area contributed by atoms with Gasteiger partial charge in [-0.05, 0) is 20.3 Å². The van der Waals surface area contributed by atoms with Gasteiger partial charge in [-0.25, -0.2) is 0 Å². The van der Waals surface area contributed by atoms with Crippen molar-refractivity contribution in [2.75, 3.05) is 12.4 Å². The van der Waals surface area contributed by atoms with E-state index < -0.39 is 0 Å². The molecule has 0 saturated heterocycles. The first-order chi connectivity index (χ1) is 5.66. The van der Waals surface area contributed by atoms with Gasteiger partial charge in [-0.3, -0.25) is 0 Å². The predicted molar refractivity (Wildman–Crippen MR) is 53.6 cm³/mol. The van der Waals surface area contributed by atoms with Gasteiger partial charge in [0.05, 0.1) is 6.10 Å². The Morgan fingerprint density at radius 3 is 2.58 bits per heavy atom. The van der Waals surface area contributed by atoms with Crippen LogP contribution < -0.4 is 5.32 Å². The Balaban J connectivity index is 3.31. The van der Waals surface area contributed by atoms with E-state index in [-0.39, 0.29) is 6.10 Å². The van der Waals surface area contributed by atoms with Crippen molar-refractivity contribution in [1.82, 2.24) is 5.32 Å². The molecule has 72 valence electrons. The van der Waals surface area contributed by atoms with Gasteiger partial charge in [-0.15, -0.1) is 11.6 Å². The Labute approximate surface area is 79.6 Å². The van der Waals surface area contributed by atoms with Crippen molar-refractivity contribution in [3.8, 4) is 0 Å². The summed E-state index contributed by atoms with van der Waals surface area (Å²) in [5, 5.41) is 12.3. The zero-order valence-corrected chi connectivity index (χ0v) is 8.51. The minimum atomic E-state index is -0.232. The molecule has 0 bridgehead atoms. The second-order valence-electron chi connectivity index (χ2n) is 3.02. The third kappa shape index (κ3) is 8.05. The van der Waals surface area contributed by atoms with Gasteiger partial charge >= 0.3 is 0 Å². The number of rotatable bonds is 6. The highest BCUT2D eigenvalue weighted by atomic mass is 35.5. The van der Waals surface area contributed by atoms with Gasteiger partial charge in [0.1, 0.15) is 0 Å². The molecule has 0 radical (unpaired) electrons. The molecule has 2 atom stereocenters. The van der Waals surface area contributed by atoms with E-state index in [4.69, 9.17) is 16.7 Å². The van der Waals surface area contributed by atoms with Crippen molar-refractivity contribution in [3.05, 3.63) is 12.2 Å². The Morgan fingerprint density at radius 1 is 1.42 bits per heavy atom. The number of allylic oxidation sites excluding steroid dienone is 1. The lowest BCUT2D eigenvalue weighted by Gasteiger charge is -2.13. The van der Waals surface area contributed by atoms with Crippen LogP contribution in [0.1, 0.15) is 20.3 Å². The molecule has 2 unspecified atom stereocenters. The lowest BCUT2D eigenvalue weighted by molar-refractivity contribution is 0.171. The highest BCUT2D eigenvalue weighted by Gasteiger charge is 2.02. The van der Waals surface area contributed by atoms with Gasteiger partial charge in [0, 0.05) is 18.5 Å². The summed E-state index contributed by atoms with van der Waals surface area (Å²) < 4.78 is 0. The molecule has 0 aliphatic rings. The molecule has 0 amide bonds. The van der Waals surface area contributed by atoms with Crippen molar-refractivity contribution in [1.29, 1.82) is 0 Å². The van der Waals surface area contributed by atoms with Crippen LogP contribution >= 0.6 is 11.6 Å². The molecule has 12 heavy (non-hydrogen) atoms. The molecule has 0 spiro atoms. The maximum Gasteiger partial charge on any atom is 0.0526 e. The van der Waals surface area contributed by atoms with Gasteiger partial charge in [-0.2, -0.15) is 0 Å². The SMILES string of the molecule is CC(O)CC(C)NC/C=C/CCl. The average molecular weight is 192 g/mol. The van der Waals surface area contributed by atoms with Crippen molar-refractivity contribution in [2.24, 2.45) is 0 Å². The Hall–Kier alpha value is -0.0500. The van der Waals surface area contributed by atoms with E-state index >= 15 is 0 Å². The highest BCUT2D eigenvalue weighted by molar-refractivity contribution is 6.18. The van der Waals surface area contributed by atoms with Gasteiger partial charge < -0.3 is 10.4 Å². The minimum absolute atomic E-state index is 0.232. The Bertz CT molecular complexity index is 126. The van der Waals surface area contributed by atoms with Crippen LogP contribution in [0.25, 0.3) is 0 Å². The van der Waals surface area contributed by atoms with Crippen LogP contribution in [0.5, 0.6) is 0 Å². The van der Waals surface area contributed by atoms with Crippen molar-refractivity contribution < 1.29 is 5.11 Å². The Morgan fingerprint density at radius 2 is 2.08 bits per heavy atom. The number of alkyl halides is 1. The molecule has 0 aromatic carbocycles. The molecule has 0 aromatic heterocycles. The number of hydrogen-bond acceptors (Lipinski definition) is 2. The maximum atomic E-state index is 9.05. The van der Waals surface area contributed by atoms with Gasteiger partial charge in [0.15, 0.2) is 0 Å². The molecule has 0 aliphatic carbocycles. The van der Waals surface area contributed by atoms with Gasteiger partial charge in [0.25, 0.3) is 0 Å². The number of halogens is 1. The lowest BCUT2D eigenvalue weighted by atomic mass is 10.1. The summed E-state index contributed by atoms with van der Waals surface area (Å²) in [7, 11) is 0. The fourth-order valence-electron chi connectivity index (χ4n) is 1.01. The summed E-state index contributed by atoms with van der Waals surface area (Å²) in [5.41, 5.74) is 0. The largest absolute Gasteiger partial charge is 0.393 e. The summed E-state index contributed by atoms with van der Waals surface area (Å²) in [6, 6.07) is 0.352. The van der Waals surface area contributed by atoms with E-state index in [2.05, 4.69) is 12.2 Å². The lowest BCUT2D eigenvalue weighted by Crippen LogP contribution is -2.29. The molecule has 0 aromatic rings. The van der Waals surface area contributed by atoms with Crippen LogP contribution in [0, 0.1) is 0 Å². The molecule has 0 heterocycles. The van der Waals surface area contributed by atoms with Crippen molar-refractivity contribution in [2.45, 2.75) is 32.4 Å². The van der Waals surface area contributed by atoms with Crippen LogP contribution in [0.4, 0.5) is 0 Å². The highest BCUT2D eigenvalue weighted by Crippen LogP contribution is 1.95. The van der Waals surface area contributed by atoms with E-state index in [0.29, 0.717) is 11.9 Å². The maximum absolute atomic E-state index is 9.05. The zero-order valence-electron chi connectivity index (χ0n) is 7.76. The second-order valence-corrected chi connectivity index (χ2v) is 3.33. The molecular weight excluding hydrogens is 174 g/mol. The summed E-state index contributed by atoms with van der Waals surface area (Å²) in [6.45, 7) is 4.68. The van der Waals surface area contributed by atoms with Crippen LogP contribution in [0.3, 0.4) is 0 Å². The quantitative estimate of drug-likeness (QED) is 0.493. The van der Waals surface area contributed by atoms with E-state index in [1.807, 2.05) is 12.2 Å². The molecule has 2 nitrogen and oxygen atoms in total. The first-order valence-corrected chi connectivity index (χ1v) is 4.82. The summed E-state index contributed by atoms with van der Waals surface area (Å²) >= 11 is 5.45. The number of aliphatic hydroxyl groups excluding tert-OH is 1. The number of nitrogens with one attached hydrogen (secondary N) is 1. The third-order valence-electron chi connectivity index (χ3n) is 1.53. The monoisotopic (exact) mass is 191 g/mol. The molecule has 0 aliphatic heterocycles. The molecule has 2 N–H and O–H groups in total. The van der Waals surface area contributed by atoms with Crippen LogP contribution in [0.15, 0.2) is 12.2 Å². The van der Waals surface area contributed by atoms with E-state index in [1.165, 1.54) is 0 Å². The smallest absolute Gasteiger partial charge is 0.0526 e. The van der Waals surface area contributed by atoms with E-state index in [9.17, 15) is 0 Å². The van der Waals surface area contributed by atoms with Crippen LogP contribution in [0.2, 0.25) is 0 Å². The normalized spacial score (nSPS) is 16.7. The summed E-state index contributed by atoms with van der Waals surface area (Å²) in [6.07, 6.45) is 4.45. The van der Waals surface area contributed by atoms with Crippen molar-refractivity contribution in [3.63, 3.8) is 0 Å². The topological polar surface area (TPSA) is 32.3 Å². The van der Waals surface area contributed by atoms with Gasteiger partial charge in [0.2, 0.25) is 0 Å². The number of aliphatic hydroxyl groups is 1. The van der Waals surface area contributed by atoms with E-state index in [1.54, 1.807) is 6.92 Å². The summed E-state index contributed by atoms with van der Waals surface area (Å²) in [5.74, 6) is 0.562. The van der Waals surface area contributed by atoms with Gasteiger partial charge in [-0.1, -0.05) is 12.2 Å². The second kappa shape index (κ2) is 7.59. The predicted octanol–water partition coefficient (Wildman–Crippen LogP) is 1.53. The fraction of sp³-hybridized carbons (Fsp3) is 0.778. The zero-order chi connectivity index (χ0) is 9.40. The van der Waals surface area contributed by atoms with Crippen molar-refractivity contribution >= 4 is 11.6 Å². The standard InChI is InChI=1S/C9H18ClNO/c1-8(7-9(2)12)11-6-4-3-5-10/h3-4,8-9,11-12H,5-7H2,1-2H3/b4-3+. The first-order valence-electron chi connectivity index (χ1n) is 4.29. The van der Waals surface area contributed by atoms with E-state index in [0.717, 1.165) is 13.0 Å². The molecule has 0 rings (SSSR count). The average Bonchev–Trinajstić information content (AvgIpc) is 1.97. The fourth-order valence-corrected chi connectivity index (χ4v) is 1.14. The Kier molecular flexibility index (Phi) is 7.56. The molecular formula is C9H18ClNO. The first kappa shape index (κ1) is 11.9. The summed E-state index contributed by atoms with van der Waals surface area (Å²) in [4.78, 5) is 0. The number of hydrogen-bond donors (Lipinski definition) is 2. The molecule has 0 saturated carbocycles. The third-order valence-corrected chi connectivity index (χ3v) is 1.71. The van der Waals surface area contributed by atoms with Crippen LogP contribution in [-0.4, -0.2) is 29.7 Å².